The molecule has 2 aliphatic rings. The standard InChI is InChI=1S/C21H26N2O7/c1-4-5-10-23-18(26)15-16(19(23)27)21(11(2)24,20(28)29)22-17(15)13-6-8-14(9-7-13)30-12(3)25/h6-9,11,15-17,22,24H,4-5,10H2,1-3H3,(H,28,29). The third kappa shape index (κ3) is 3.37. The minimum Gasteiger partial charge on any atom is -0.480 e. The number of nitrogens with one attached hydrogen (secondary N) is 1. The van der Waals surface area contributed by atoms with Crippen LogP contribution in [0.1, 0.15) is 45.2 Å². The maximum absolute atomic E-state index is 13.2. The van der Waals surface area contributed by atoms with Crippen molar-refractivity contribution in [3.8, 4) is 5.75 Å². The topological polar surface area (TPSA) is 133 Å². The summed E-state index contributed by atoms with van der Waals surface area (Å²) in [5.74, 6) is -4.76. The highest BCUT2D eigenvalue weighted by Gasteiger charge is 2.70. The SMILES string of the molecule is CCCCN1C(=O)C2C(c3ccc(OC(C)=O)cc3)NC(C(=O)O)(C(C)O)C2C1=O. The van der Waals surface area contributed by atoms with Gasteiger partial charge in [-0.3, -0.25) is 29.4 Å². The molecule has 1 aromatic carbocycles. The smallest absolute Gasteiger partial charge is 0.327 e. The van der Waals surface area contributed by atoms with Gasteiger partial charge >= 0.3 is 11.9 Å². The first kappa shape index (κ1) is 21.9. The van der Waals surface area contributed by atoms with Gasteiger partial charge in [-0.1, -0.05) is 25.5 Å². The molecule has 3 rings (SSSR count). The molecule has 0 aromatic heterocycles. The van der Waals surface area contributed by atoms with Crippen LogP contribution < -0.4 is 10.1 Å². The van der Waals surface area contributed by atoms with Crippen LogP contribution in [0.3, 0.4) is 0 Å². The first-order valence-electron chi connectivity index (χ1n) is 9.97. The summed E-state index contributed by atoms with van der Waals surface area (Å²) in [5, 5.41) is 23.3. The van der Waals surface area contributed by atoms with Crippen LogP contribution in [0.15, 0.2) is 24.3 Å². The number of carboxylic acid groups (broad SMARTS) is 1. The van der Waals surface area contributed by atoms with E-state index in [9.17, 15) is 29.4 Å². The van der Waals surface area contributed by atoms with E-state index in [2.05, 4.69) is 5.32 Å². The number of rotatable bonds is 7. The van der Waals surface area contributed by atoms with E-state index in [1.54, 1.807) is 12.1 Å². The molecule has 2 aliphatic heterocycles. The second-order valence-corrected chi connectivity index (χ2v) is 7.82. The van der Waals surface area contributed by atoms with E-state index in [-0.39, 0.29) is 6.54 Å². The van der Waals surface area contributed by atoms with Gasteiger partial charge in [0, 0.05) is 19.5 Å². The van der Waals surface area contributed by atoms with Crippen LogP contribution in [-0.4, -0.2) is 57.1 Å². The molecule has 2 fully saturated rings. The quantitative estimate of drug-likeness (QED) is 0.337. The Morgan fingerprint density at radius 3 is 2.37 bits per heavy atom. The zero-order valence-electron chi connectivity index (χ0n) is 17.1. The van der Waals surface area contributed by atoms with Gasteiger partial charge in [0.1, 0.15) is 5.75 Å². The lowest BCUT2D eigenvalue weighted by molar-refractivity contribution is -0.156. The summed E-state index contributed by atoms with van der Waals surface area (Å²) >= 11 is 0. The van der Waals surface area contributed by atoms with E-state index in [1.807, 2.05) is 6.92 Å². The van der Waals surface area contributed by atoms with Gasteiger partial charge in [0.05, 0.1) is 17.9 Å². The normalized spacial score (nSPS) is 29.1. The molecule has 0 spiro atoms. The summed E-state index contributed by atoms with van der Waals surface area (Å²) in [6.45, 7) is 4.72. The number of amides is 2. The van der Waals surface area contributed by atoms with Crippen molar-refractivity contribution in [3.05, 3.63) is 29.8 Å². The highest BCUT2D eigenvalue weighted by atomic mass is 16.5. The molecule has 3 N–H and O–H groups in total. The van der Waals surface area contributed by atoms with Crippen molar-refractivity contribution in [1.29, 1.82) is 0 Å². The summed E-state index contributed by atoms with van der Waals surface area (Å²) in [6.07, 6.45) is -0.0387. The fourth-order valence-electron chi connectivity index (χ4n) is 4.49. The maximum Gasteiger partial charge on any atom is 0.327 e. The lowest BCUT2D eigenvalue weighted by Gasteiger charge is -2.33. The number of carbonyl (C=O) groups excluding carboxylic acids is 3. The van der Waals surface area contributed by atoms with E-state index < -0.39 is 53.3 Å². The molecule has 2 saturated heterocycles. The van der Waals surface area contributed by atoms with Crippen molar-refractivity contribution in [2.45, 2.75) is 51.3 Å². The van der Waals surface area contributed by atoms with Gasteiger partial charge < -0.3 is 14.9 Å². The number of carbonyl (C=O) groups is 4. The number of unbranched alkanes of at least 4 members (excludes halogenated alkanes) is 1. The number of aliphatic hydroxyl groups excluding tert-OH is 1. The van der Waals surface area contributed by atoms with Gasteiger partial charge in [-0.25, -0.2) is 0 Å². The third-order valence-corrected chi connectivity index (χ3v) is 5.94. The fourth-order valence-corrected chi connectivity index (χ4v) is 4.49. The maximum atomic E-state index is 13.2. The Morgan fingerprint density at radius 1 is 1.23 bits per heavy atom. The van der Waals surface area contributed by atoms with Gasteiger partial charge in [0.25, 0.3) is 0 Å². The zero-order valence-corrected chi connectivity index (χ0v) is 17.1. The fraction of sp³-hybridized carbons (Fsp3) is 0.524. The number of likely N-dealkylation sites (tertiary alicyclic amines) is 1. The Morgan fingerprint density at radius 2 is 1.87 bits per heavy atom. The van der Waals surface area contributed by atoms with Crippen LogP contribution in [0.2, 0.25) is 0 Å². The van der Waals surface area contributed by atoms with E-state index >= 15 is 0 Å². The van der Waals surface area contributed by atoms with Gasteiger partial charge in [-0.2, -0.15) is 0 Å². The number of aliphatic carboxylic acids is 1. The van der Waals surface area contributed by atoms with Crippen molar-refractivity contribution in [2.75, 3.05) is 6.54 Å². The summed E-state index contributed by atoms with van der Waals surface area (Å²) in [5.41, 5.74) is -1.43. The molecular weight excluding hydrogens is 392 g/mol. The number of nitrogens with zero attached hydrogens (tertiary/aromatic N) is 1. The monoisotopic (exact) mass is 418 g/mol. The summed E-state index contributed by atoms with van der Waals surface area (Å²) in [6, 6.07) is 5.49. The Balaban J connectivity index is 2.04. The number of fused-ring (bicyclic) bond motifs is 1. The molecule has 1 aromatic rings. The number of benzene rings is 1. The number of hydrogen-bond donors (Lipinski definition) is 3. The van der Waals surface area contributed by atoms with E-state index in [0.29, 0.717) is 17.7 Å². The minimum absolute atomic E-state index is 0.217. The highest BCUT2D eigenvalue weighted by Crippen LogP contribution is 2.50. The van der Waals surface area contributed by atoms with Crippen LogP contribution in [0, 0.1) is 11.8 Å². The van der Waals surface area contributed by atoms with E-state index in [4.69, 9.17) is 4.74 Å². The van der Waals surface area contributed by atoms with Crippen molar-refractivity contribution in [2.24, 2.45) is 11.8 Å². The first-order chi connectivity index (χ1) is 14.1. The largest absolute Gasteiger partial charge is 0.480 e. The third-order valence-electron chi connectivity index (χ3n) is 5.94. The number of imide groups is 1. The lowest BCUT2D eigenvalue weighted by atomic mass is 9.76. The minimum atomic E-state index is -1.99. The van der Waals surface area contributed by atoms with Crippen LogP contribution in [-0.2, 0) is 19.2 Å². The molecule has 0 saturated carbocycles. The predicted octanol–water partition coefficient (Wildman–Crippen LogP) is 0.862. The molecule has 2 amide bonds. The lowest BCUT2D eigenvalue weighted by Crippen LogP contribution is -2.62. The molecular formula is C21H26N2O7. The second-order valence-electron chi connectivity index (χ2n) is 7.82. The van der Waals surface area contributed by atoms with Crippen molar-refractivity contribution >= 4 is 23.8 Å². The number of ether oxygens (including phenoxy) is 1. The van der Waals surface area contributed by atoms with Crippen LogP contribution in [0.25, 0.3) is 0 Å². The molecule has 30 heavy (non-hydrogen) atoms. The van der Waals surface area contributed by atoms with E-state index in [0.717, 1.165) is 11.3 Å². The first-order valence-corrected chi connectivity index (χ1v) is 9.97. The van der Waals surface area contributed by atoms with Crippen LogP contribution in [0.5, 0.6) is 5.75 Å². The average Bonchev–Trinajstić information content (AvgIpc) is 3.16. The average molecular weight is 418 g/mol. The summed E-state index contributed by atoms with van der Waals surface area (Å²) in [7, 11) is 0. The molecule has 0 aliphatic carbocycles. The van der Waals surface area contributed by atoms with Gasteiger partial charge in [0.15, 0.2) is 5.54 Å². The Bertz CT molecular complexity index is 867. The molecule has 0 bridgehead atoms. The molecule has 9 nitrogen and oxygen atoms in total. The van der Waals surface area contributed by atoms with Gasteiger partial charge in [-0.05, 0) is 31.0 Å². The van der Waals surface area contributed by atoms with Crippen molar-refractivity contribution in [1.82, 2.24) is 10.2 Å². The van der Waals surface area contributed by atoms with Crippen molar-refractivity contribution in [3.63, 3.8) is 0 Å². The molecule has 5 unspecified atom stereocenters. The van der Waals surface area contributed by atoms with Gasteiger partial charge in [0.2, 0.25) is 11.8 Å². The Hall–Kier alpha value is -2.78. The Kier molecular flexibility index (Phi) is 5.96. The number of carboxylic acids is 1. The molecule has 9 heteroatoms. The van der Waals surface area contributed by atoms with Crippen molar-refractivity contribution < 1.29 is 34.1 Å². The summed E-state index contributed by atoms with van der Waals surface area (Å²) in [4.78, 5) is 50.8. The molecule has 162 valence electrons. The van der Waals surface area contributed by atoms with Crippen LogP contribution in [0.4, 0.5) is 0 Å². The summed E-state index contributed by atoms with van der Waals surface area (Å²) < 4.78 is 5.01. The molecule has 5 atom stereocenters. The highest BCUT2D eigenvalue weighted by molar-refractivity contribution is 6.09. The van der Waals surface area contributed by atoms with Gasteiger partial charge in [-0.15, -0.1) is 0 Å². The van der Waals surface area contributed by atoms with E-state index in [1.165, 1.54) is 26.0 Å². The number of hydrogen-bond acceptors (Lipinski definition) is 7. The molecule has 2 heterocycles. The predicted molar refractivity (Wildman–Crippen MR) is 104 cm³/mol. The zero-order chi connectivity index (χ0) is 22.2. The Labute approximate surface area is 174 Å². The molecule has 0 radical (unpaired) electrons. The van der Waals surface area contributed by atoms with Crippen LogP contribution >= 0.6 is 0 Å². The number of esters is 1. The number of aliphatic hydroxyl groups is 1. The second kappa shape index (κ2) is 8.16.